The molecule has 0 saturated carbocycles. The normalized spacial score (nSPS) is 11.8. The molecular formula is C18H22N2O4. The number of para-hydroxylation sites is 1. The third-order valence-electron chi connectivity index (χ3n) is 3.44. The number of carboxylic acid groups (broad SMARTS) is 1. The van der Waals surface area contributed by atoms with Gasteiger partial charge in [0, 0.05) is 44.2 Å². The summed E-state index contributed by atoms with van der Waals surface area (Å²) >= 11 is 0. The fourth-order valence-corrected chi connectivity index (χ4v) is 2.24. The Labute approximate surface area is 141 Å². The Morgan fingerprint density at radius 3 is 2.67 bits per heavy atom. The van der Waals surface area contributed by atoms with Crippen molar-refractivity contribution in [2.24, 2.45) is 0 Å². The van der Waals surface area contributed by atoms with Crippen LogP contribution in [-0.4, -0.2) is 42.9 Å². The van der Waals surface area contributed by atoms with Gasteiger partial charge in [-0.2, -0.15) is 0 Å². The molecule has 6 heteroatoms. The Kier molecular flexibility index (Phi) is 6.57. The lowest BCUT2D eigenvalue weighted by Crippen LogP contribution is -2.28. The average Bonchev–Trinajstić information content (AvgIpc) is 2.58. The summed E-state index contributed by atoms with van der Waals surface area (Å²) in [6, 6.07) is 10.8. The van der Waals surface area contributed by atoms with Gasteiger partial charge in [-0.1, -0.05) is 18.2 Å². The molecule has 0 aliphatic heterocycles. The van der Waals surface area contributed by atoms with Gasteiger partial charge in [0.15, 0.2) is 6.10 Å². The van der Waals surface area contributed by atoms with Crippen molar-refractivity contribution >= 4 is 11.7 Å². The van der Waals surface area contributed by atoms with Crippen LogP contribution >= 0.6 is 0 Å². The molecule has 1 atom stereocenters. The molecule has 1 aromatic heterocycles. The maximum atomic E-state index is 11.3. The minimum absolute atomic E-state index is 0.266. The summed E-state index contributed by atoms with van der Waals surface area (Å²) in [5.41, 5.74) is 1.98. The number of pyridine rings is 1. The molecule has 0 aliphatic rings. The van der Waals surface area contributed by atoms with E-state index in [2.05, 4.69) is 4.98 Å². The predicted molar refractivity (Wildman–Crippen MR) is 91.3 cm³/mol. The van der Waals surface area contributed by atoms with E-state index in [0.29, 0.717) is 12.4 Å². The molecule has 24 heavy (non-hydrogen) atoms. The van der Waals surface area contributed by atoms with Crippen LogP contribution in [0.15, 0.2) is 48.8 Å². The van der Waals surface area contributed by atoms with Crippen LogP contribution in [0.3, 0.4) is 0 Å². The van der Waals surface area contributed by atoms with E-state index in [1.165, 1.54) is 0 Å². The number of carbonyl (C=O) groups is 1. The Hall–Kier alpha value is -2.60. The fraction of sp³-hybridized carbons (Fsp3) is 0.333. The second-order valence-corrected chi connectivity index (χ2v) is 5.50. The Morgan fingerprint density at radius 2 is 2.00 bits per heavy atom. The van der Waals surface area contributed by atoms with Gasteiger partial charge in [-0.3, -0.25) is 4.98 Å². The van der Waals surface area contributed by atoms with Crippen LogP contribution in [0.2, 0.25) is 0 Å². The van der Waals surface area contributed by atoms with Crippen LogP contribution in [0.4, 0.5) is 5.69 Å². The molecule has 1 N–H and O–H groups in total. The van der Waals surface area contributed by atoms with Crippen molar-refractivity contribution in [3.63, 3.8) is 0 Å². The summed E-state index contributed by atoms with van der Waals surface area (Å²) in [5, 5.41) is 9.27. The highest BCUT2D eigenvalue weighted by atomic mass is 16.5. The van der Waals surface area contributed by atoms with E-state index in [1.807, 2.05) is 31.1 Å². The summed E-state index contributed by atoms with van der Waals surface area (Å²) in [6.07, 6.45) is 2.81. The zero-order valence-electron chi connectivity index (χ0n) is 13.9. The van der Waals surface area contributed by atoms with Gasteiger partial charge in [0.2, 0.25) is 0 Å². The van der Waals surface area contributed by atoms with Crippen LogP contribution in [-0.2, 0) is 16.1 Å². The standard InChI is InChI=1S/C18H22N2O4/c1-20(2)16-8-10-19-12-14(16)13-23-11-9-17(18(21)22)24-15-6-4-3-5-7-15/h3-8,10,12,17H,9,11,13H2,1-2H3,(H,21,22). The quantitative estimate of drug-likeness (QED) is 0.713. The molecule has 1 unspecified atom stereocenters. The molecular weight excluding hydrogens is 308 g/mol. The zero-order valence-corrected chi connectivity index (χ0v) is 13.9. The number of hydrogen-bond donors (Lipinski definition) is 1. The van der Waals surface area contributed by atoms with Crippen LogP contribution in [0, 0.1) is 0 Å². The van der Waals surface area contributed by atoms with Crippen molar-refractivity contribution < 1.29 is 19.4 Å². The molecule has 2 rings (SSSR count). The van der Waals surface area contributed by atoms with E-state index in [1.54, 1.807) is 36.7 Å². The molecule has 1 heterocycles. The van der Waals surface area contributed by atoms with Crippen LogP contribution in [0.1, 0.15) is 12.0 Å². The first-order valence-corrected chi connectivity index (χ1v) is 7.70. The Balaban J connectivity index is 1.84. The van der Waals surface area contributed by atoms with E-state index < -0.39 is 12.1 Å². The number of rotatable bonds is 9. The molecule has 0 spiro atoms. The van der Waals surface area contributed by atoms with Crippen molar-refractivity contribution in [2.75, 3.05) is 25.6 Å². The second-order valence-electron chi connectivity index (χ2n) is 5.50. The van der Waals surface area contributed by atoms with Gasteiger partial charge in [0.05, 0.1) is 13.2 Å². The SMILES string of the molecule is CN(C)c1ccncc1COCCC(Oc1ccccc1)C(=O)O. The summed E-state index contributed by atoms with van der Waals surface area (Å²) in [6.45, 7) is 0.657. The number of nitrogens with zero attached hydrogens (tertiary/aromatic N) is 2. The third kappa shape index (κ3) is 5.24. The van der Waals surface area contributed by atoms with Crippen molar-refractivity contribution in [2.45, 2.75) is 19.1 Å². The predicted octanol–water partition coefficient (Wildman–Crippen LogP) is 2.59. The van der Waals surface area contributed by atoms with E-state index >= 15 is 0 Å². The first-order valence-electron chi connectivity index (χ1n) is 7.70. The Bertz CT molecular complexity index is 646. The topological polar surface area (TPSA) is 71.9 Å². The highest BCUT2D eigenvalue weighted by molar-refractivity contribution is 5.72. The van der Waals surface area contributed by atoms with Crippen LogP contribution < -0.4 is 9.64 Å². The van der Waals surface area contributed by atoms with Crippen molar-refractivity contribution in [1.29, 1.82) is 0 Å². The summed E-state index contributed by atoms with van der Waals surface area (Å²) in [7, 11) is 3.90. The summed E-state index contributed by atoms with van der Waals surface area (Å²) < 4.78 is 11.1. The smallest absolute Gasteiger partial charge is 0.344 e. The molecule has 1 aromatic carbocycles. The Morgan fingerprint density at radius 1 is 1.25 bits per heavy atom. The number of aliphatic carboxylic acids is 1. The number of carboxylic acids is 1. The number of aromatic nitrogens is 1. The van der Waals surface area contributed by atoms with Crippen LogP contribution in [0.25, 0.3) is 0 Å². The van der Waals surface area contributed by atoms with Crippen molar-refractivity contribution in [1.82, 2.24) is 4.98 Å². The molecule has 2 aromatic rings. The number of anilines is 1. The summed E-state index contributed by atoms with van der Waals surface area (Å²) in [4.78, 5) is 17.4. The molecule has 0 fully saturated rings. The van der Waals surface area contributed by atoms with Gasteiger partial charge in [0.25, 0.3) is 0 Å². The third-order valence-corrected chi connectivity index (χ3v) is 3.44. The monoisotopic (exact) mass is 330 g/mol. The molecule has 128 valence electrons. The molecule has 0 bridgehead atoms. The van der Waals surface area contributed by atoms with Crippen LogP contribution in [0.5, 0.6) is 5.75 Å². The van der Waals surface area contributed by atoms with Crippen molar-refractivity contribution in [3.05, 3.63) is 54.4 Å². The van der Waals surface area contributed by atoms with E-state index in [9.17, 15) is 9.90 Å². The molecule has 0 aliphatic carbocycles. The zero-order chi connectivity index (χ0) is 17.4. The lowest BCUT2D eigenvalue weighted by molar-refractivity contribution is -0.146. The lowest BCUT2D eigenvalue weighted by atomic mass is 10.2. The molecule has 6 nitrogen and oxygen atoms in total. The minimum atomic E-state index is -1.00. The second kappa shape index (κ2) is 8.88. The van der Waals surface area contributed by atoms with Gasteiger partial charge in [0.1, 0.15) is 5.75 Å². The van der Waals surface area contributed by atoms with Gasteiger partial charge in [-0.15, -0.1) is 0 Å². The highest BCUT2D eigenvalue weighted by Crippen LogP contribution is 2.18. The van der Waals surface area contributed by atoms with E-state index in [4.69, 9.17) is 9.47 Å². The molecule has 0 radical (unpaired) electrons. The molecule has 0 saturated heterocycles. The average molecular weight is 330 g/mol. The molecule has 0 amide bonds. The number of ether oxygens (including phenoxy) is 2. The fourth-order valence-electron chi connectivity index (χ4n) is 2.24. The van der Waals surface area contributed by atoms with Gasteiger partial charge in [-0.25, -0.2) is 4.79 Å². The lowest BCUT2D eigenvalue weighted by Gasteiger charge is -2.18. The number of benzene rings is 1. The number of hydrogen-bond acceptors (Lipinski definition) is 5. The first kappa shape index (κ1) is 17.7. The largest absolute Gasteiger partial charge is 0.479 e. The van der Waals surface area contributed by atoms with E-state index in [0.717, 1.165) is 11.3 Å². The van der Waals surface area contributed by atoms with Gasteiger partial charge >= 0.3 is 5.97 Å². The summed E-state index contributed by atoms with van der Waals surface area (Å²) in [5.74, 6) is -0.468. The maximum Gasteiger partial charge on any atom is 0.344 e. The van der Waals surface area contributed by atoms with Gasteiger partial charge < -0.3 is 19.5 Å². The minimum Gasteiger partial charge on any atom is -0.479 e. The van der Waals surface area contributed by atoms with Crippen molar-refractivity contribution in [3.8, 4) is 5.75 Å². The highest BCUT2D eigenvalue weighted by Gasteiger charge is 2.19. The van der Waals surface area contributed by atoms with E-state index in [-0.39, 0.29) is 13.0 Å². The maximum absolute atomic E-state index is 11.3. The first-order chi connectivity index (χ1) is 11.6. The van der Waals surface area contributed by atoms with Gasteiger partial charge in [-0.05, 0) is 18.2 Å².